The van der Waals surface area contributed by atoms with Gasteiger partial charge < -0.3 is 5.32 Å². The first-order chi connectivity index (χ1) is 7.25. The maximum Gasteiger partial charge on any atom is 0.174 e. The summed E-state index contributed by atoms with van der Waals surface area (Å²) in [6.45, 7) is 0.925. The summed E-state index contributed by atoms with van der Waals surface area (Å²) in [5.41, 5.74) is 0.772. The second-order valence-electron chi connectivity index (χ2n) is 3.48. The molecule has 3 nitrogen and oxygen atoms in total. The van der Waals surface area contributed by atoms with E-state index in [4.69, 9.17) is 23.2 Å². The third kappa shape index (κ3) is 3.13. The lowest BCUT2D eigenvalue weighted by Crippen LogP contribution is -2.14. The van der Waals surface area contributed by atoms with E-state index in [1.165, 1.54) is 17.9 Å². The molecule has 1 aromatic heterocycles. The molecule has 1 aliphatic heterocycles. The topological polar surface area (TPSA) is 37.8 Å². The highest BCUT2D eigenvalue weighted by Crippen LogP contribution is 2.25. The fraction of sp³-hybridized carbons (Fsp3) is 0.556. The number of anilines is 1. The molecular formula is C9H11Cl2N3S. The van der Waals surface area contributed by atoms with Crippen molar-refractivity contribution in [1.82, 2.24) is 10.2 Å². The second kappa shape index (κ2) is 5.23. The zero-order valence-corrected chi connectivity index (χ0v) is 10.4. The van der Waals surface area contributed by atoms with Crippen molar-refractivity contribution in [1.29, 1.82) is 0 Å². The second-order valence-corrected chi connectivity index (χ2v) is 5.38. The van der Waals surface area contributed by atoms with Crippen molar-refractivity contribution >= 4 is 40.7 Å². The Bertz CT molecular complexity index is 342. The molecule has 1 fully saturated rings. The average Bonchev–Trinajstić information content (AvgIpc) is 2.72. The van der Waals surface area contributed by atoms with Crippen molar-refractivity contribution in [2.24, 2.45) is 5.92 Å². The molecule has 6 heteroatoms. The van der Waals surface area contributed by atoms with Crippen LogP contribution in [0.1, 0.15) is 6.42 Å². The van der Waals surface area contributed by atoms with Gasteiger partial charge in [-0.2, -0.15) is 11.8 Å². The molecule has 15 heavy (non-hydrogen) atoms. The maximum atomic E-state index is 5.88. The van der Waals surface area contributed by atoms with Crippen LogP contribution in [0.25, 0.3) is 0 Å². The minimum Gasteiger partial charge on any atom is -0.382 e. The predicted octanol–water partition coefficient (Wildman–Crippen LogP) is 2.95. The Labute approximate surface area is 103 Å². The fourth-order valence-electron chi connectivity index (χ4n) is 1.48. The van der Waals surface area contributed by atoms with Crippen molar-refractivity contribution in [2.75, 3.05) is 23.4 Å². The first kappa shape index (κ1) is 11.3. The van der Waals surface area contributed by atoms with E-state index in [0.29, 0.717) is 10.3 Å². The van der Waals surface area contributed by atoms with Crippen molar-refractivity contribution in [3.05, 3.63) is 16.4 Å². The number of hydrogen-bond acceptors (Lipinski definition) is 4. The summed E-state index contributed by atoms with van der Waals surface area (Å²) in [7, 11) is 0. The van der Waals surface area contributed by atoms with Gasteiger partial charge in [-0.3, -0.25) is 0 Å². The molecule has 0 spiro atoms. The van der Waals surface area contributed by atoms with Crippen LogP contribution in [0.5, 0.6) is 0 Å². The van der Waals surface area contributed by atoms with Crippen LogP contribution in [-0.2, 0) is 0 Å². The molecule has 0 bridgehead atoms. The molecule has 82 valence electrons. The molecule has 1 unspecified atom stereocenters. The lowest BCUT2D eigenvalue weighted by atomic mass is 10.1. The van der Waals surface area contributed by atoms with Crippen LogP contribution in [0.4, 0.5) is 5.69 Å². The molecule has 0 aromatic carbocycles. The zero-order valence-electron chi connectivity index (χ0n) is 8.04. The van der Waals surface area contributed by atoms with Gasteiger partial charge in [0.15, 0.2) is 10.3 Å². The average molecular weight is 264 g/mol. The third-order valence-corrected chi connectivity index (χ3v) is 4.02. The van der Waals surface area contributed by atoms with Gasteiger partial charge in [0.1, 0.15) is 0 Å². The monoisotopic (exact) mass is 263 g/mol. The number of halogens is 2. The summed E-state index contributed by atoms with van der Waals surface area (Å²) in [4.78, 5) is 0. The van der Waals surface area contributed by atoms with Crippen molar-refractivity contribution in [3.8, 4) is 0 Å². The Kier molecular flexibility index (Phi) is 3.94. The van der Waals surface area contributed by atoms with Gasteiger partial charge in [0.25, 0.3) is 0 Å². The van der Waals surface area contributed by atoms with E-state index in [-0.39, 0.29) is 0 Å². The van der Waals surface area contributed by atoms with Gasteiger partial charge in [0.05, 0.1) is 5.69 Å². The molecule has 0 amide bonds. The largest absolute Gasteiger partial charge is 0.382 e. The summed E-state index contributed by atoms with van der Waals surface area (Å²) in [5.74, 6) is 3.20. The molecular weight excluding hydrogens is 253 g/mol. The summed E-state index contributed by atoms with van der Waals surface area (Å²) < 4.78 is 0. The number of nitrogens with zero attached hydrogens (tertiary/aromatic N) is 2. The molecule has 2 rings (SSSR count). The van der Waals surface area contributed by atoms with Gasteiger partial charge in [-0.1, -0.05) is 23.2 Å². The lowest BCUT2D eigenvalue weighted by molar-refractivity contribution is 0.631. The third-order valence-electron chi connectivity index (χ3n) is 2.32. The van der Waals surface area contributed by atoms with Crippen LogP contribution in [0.3, 0.4) is 0 Å². The number of aromatic nitrogens is 2. The van der Waals surface area contributed by atoms with E-state index < -0.39 is 0 Å². The summed E-state index contributed by atoms with van der Waals surface area (Å²) in [6, 6.07) is 1.71. The van der Waals surface area contributed by atoms with E-state index in [1.54, 1.807) is 6.07 Å². The Morgan fingerprint density at radius 1 is 1.47 bits per heavy atom. The van der Waals surface area contributed by atoms with Gasteiger partial charge in [-0.05, 0) is 23.8 Å². The molecule has 2 heterocycles. The van der Waals surface area contributed by atoms with E-state index in [9.17, 15) is 0 Å². The number of nitrogens with one attached hydrogen (secondary N) is 1. The van der Waals surface area contributed by atoms with E-state index in [0.717, 1.165) is 18.2 Å². The Hall–Kier alpha value is -0.190. The zero-order chi connectivity index (χ0) is 10.7. The molecule has 0 radical (unpaired) electrons. The Balaban J connectivity index is 1.94. The first-order valence-electron chi connectivity index (χ1n) is 4.76. The molecule has 1 saturated heterocycles. The van der Waals surface area contributed by atoms with E-state index in [2.05, 4.69) is 15.5 Å². The molecule has 1 atom stereocenters. The number of hydrogen-bond donors (Lipinski definition) is 1. The normalized spacial score (nSPS) is 20.5. The minimum atomic E-state index is 0.364. The van der Waals surface area contributed by atoms with Gasteiger partial charge >= 0.3 is 0 Å². The maximum absolute atomic E-state index is 5.88. The summed E-state index contributed by atoms with van der Waals surface area (Å²) in [5, 5.41) is 11.4. The molecule has 0 aliphatic carbocycles. The quantitative estimate of drug-likeness (QED) is 0.910. The first-order valence-corrected chi connectivity index (χ1v) is 6.67. The number of rotatable bonds is 3. The van der Waals surface area contributed by atoms with Crippen LogP contribution in [-0.4, -0.2) is 28.2 Å². The van der Waals surface area contributed by atoms with E-state index in [1.807, 2.05) is 11.8 Å². The van der Waals surface area contributed by atoms with Crippen LogP contribution >= 0.6 is 35.0 Å². The molecule has 1 aliphatic rings. The summed E-state index contributed by atoms with van der Waals surface area (Å²) >= 11 is 13.6. The Morgan fingerprint density at radius 2 is 2.33 bits per heavy atom. The van der Waals surface area contributed by atoms with Gasteiger partial charge in [-0.25, -0.2) is 0 Å². The van der Waals surface area contributed by atoms with Gasteiger partial charge in [0, 0.05) is 12.6 Å². The Morgan fingerprint density at radius 3 is 3.07 bits per heavy atom. The van der Waals surface area contributed by atoms with Crippen molar-refractivity contribution in [2.45, 2.75) is 6.42 Å². The molecule has 1 N–H and O–H groups in total. The number of thioether (sulfide) groups is 1. The highest BCUT2D eigenvalue weighted by molar-refractivity contribution is 7.99. The SMILES string of the molecule is Clc1cc(NCC2CCSC2)c(Cl)nn1. The molecule has 1 aromatic rings. The van der Waals surface area contributed by atoms with E-state index >= 15 is 0 Å². The van der Waals surface area contributed by atoms with Gasteiger partial charge in [0.2, 0.25) is 0 Å². The van der Waals surface area contributed by atoms with Crippen LogP contribution in [0.15, 0.2) is 6.07 Å². The lowest BCUT2D eigenvalue weighted by Gasteiger charge is -2.11. The van der Waals surface area contributed by atoms with Crippen molar-refractivity contribution in [3.63, 3.8) is 0 Å². The summed E-state index contributed by atoms with van der Waals surface area (Å²) in [6.07, 6.45) is 1.27. The fourth-order valence-corrected chi connectivity index (χ4v) is 3.07. The predicted molar refractivity (Wildman–Crippen MR) is 66.0 cm³/mol. The smallest absolute Gasteiger partial charge is 0.174 e. The van der Waals surface area contributed by atoms with Crippen LogP contribution in [0, 0.1) is 5.92 Å². The minimum absolute atomic E-state index is 0.364. The molecule has 0 saturated carbocycles. The highest BCUT2D eigenvalue weighted by Gasteiger charge is 2.15. The van der Waals surface area contributed by atoms with Crippen LogP contribution < -0.4 is 5.32 Å². The standard InChI is InChI=1S/C9H11Cl2N3S/c10-8-3-7(9(11)14-13-8)12-4-6-1-2-15-5-6/h3,6H,1-2,4-5H2,(H,12,13). The van der Waals surface area contributed by atoms with Crippen LogP contribution in [0.2, 0.25) is 10.3 Å². The van der Waals surface area contributed by atoms with Crippen molar-refractivity contribution < 1.29 is 0 Å². The highest BCUT2D eigenvalue weighted by atomic mass is 35.5. The van der Waals surface area contributed by atoms with Gasteiger partial charge in [-0.15, -0.1) is 10.2 Å².